The highest BCUT2D eigenvalue weighted by molar-refractivity contribution is 5.81. The molecule has 0 saturated carbocycles. The highest BCUT2D eigenvalue weighted by Crippen LogP contribution is 2.44. The van der Waals surface area contributed by atoms with Crippen molar-refractivity contribution >= 4 is 12.1 Å². The third-order valence-corrected chi connectivity index (χ3v) is 5.51. The van der Waals surface area contributed by atoms with E-state index in [-0.39, 0.29) is 12.5 Å². The zero-order valence-electron chi connectivity index (χ0n) is 16.8. The van der Waals surface area contributed by atoms with Gasteiger partial charge in [-0.25, -0.2) is 9.59 Å². The maximum absolute atomic E-state index is 12.5. The van der Waals surface area contributed by atoms with E-state index < -0.39 is 24.1 Å². The van der Waals surface area contributed by atoms with Gasteiger partial charge in [0.05, 0.1) is 12.2 Å². The van der Waals surface area contributed by atoms with E-state index in [1.54, 1.807) is 19.3 Å². The van der Waals surface area contributed by atoms with Gasteiger partial charge in [0.2, 0.25) is 0 Å². The maximum Gasteiger partial charge on any atom is 0.407 e. The van der Waals surface area contributed by atoms with Crippen LogP contribution in [0.3, 0.4) is 0 Å². The van der Waals surface area contributed by atoms with E-state index >= 15 is 0 Å². The average Bonchev–Trinajstić information content (AvgIpc) is 3.31. The minimum atomic E-state index is -1.17. The minimum absolute atomic E-state index is 0.0855. The number of carbonyl (C=O) groups is 2. The average molecular weight is 405 g/mol. The molecule has 1 aliphatic carbocycles. The third-order valence-electron chi connectivity index (χ3n) is 5.51. The van der Waals surface area contributed by atoms with Crippen molar-refractivity contribution in [1.82, 2.24) is 15.1 Å². The first kappa shape index (κ1) is 19.7. The van der Waals surface area contributed by atoms with E-state index in [9.17, 15) is 14.7 Å². The summed E-state index contributed by atoms with van der Waals surface area (Å²) in [6.45, 7) is 3.68. The van der Waals surface area contributed by atoms with Gasteiger partial charge in [0.25, 0.3) is 0 Å². The molecule has 0 fully saturated rings. The molecule has 2 aromatic carbocycles. The summed E-state index contributed by atoms with van der Waals surface area (Å²) in [5.41, 5.74) is 5.37. The summed E-state index contributed by atoms with van der Waals surface area (Å²) in [4.78, 5) is 24.2. The standard InChI is InChI=1S/C23H23N3O4/c1-14-11-24-26(12-14)15(2)21(22(27)28)25-23(29)30-13-20-18-9-5-3-7-16(18)17-8-4-6-10-19(17)20/h3-12,15,20-21H,13H2,1-2H3,(H,25,29)(H,27,28). The molecule has 0 saturated heterocycles. The molecule has 1 aromatic heterocycles. The molecule has 154 valence electrons. The quantitative estimate of drug-likeness (QED) is 0.652. The highest BCUT2D eigenvalue weighted by atomic mass is 16.5. The van der Waals surface area contributed by atoms with Gasteiger partial charge in [-0.1, -0.05) is 48.5 Å². The second-order valence-corrected chi connectivity index (χ2v) is 7.52. The van der Waals surface area contributed by atoms with Crippen molar-refractivity contribution in [3.63, 3.8) is 0 Å². The molecular weight excluding hydrogens is 382 g/mol. The van der Waals surface area contributed by atoms with Crippen molar-refractivity contribution in [2.45, 2.75) is 31.8 Å². The lowest BCUT2D eigenvalue weighted by molar-refractivity contribution is -0.140. The van der Waals surface area contributed by atoms with Gasteiger partial charge in [-0.05, 0) is 41.7 Å². The number of nitrogens with zero attached hydrogens (tertiary/aromatic N) is 2. The Labute approximate surface area is 174 Å². The number of rotatable bonds is 6. The first-order valence-corrected chi connectivity index (χ1v) is 9.80. The van der Waals surface area contributed by atoms with Gasteiger partial charge in [0.1, 0.15) is 6.61 Å². The predicted molar refractivity (Wildman–Crippen MR) is 111 cm³/mol. The van der Waals surface area contributed by atoms with Gasteiger partial charge in [-0.15, -0.1) is 0 Å². The Morgan fingerprint density at radius 2 is 1.73 bits per heavy atom. The van der Waals surface area contributed by atoms with Crippen LogP contribution in [-0.2, 0) is 9.53 Å². The number of hydrogen-bond acceptors (Lipinski definition) is 4. The van der Waals surface area contributed by atoms with Crippen molar-refractivity contribution < 1.29 is 19.4 Å². The van der Waals surface area contributed by atoms with E-state index in [1.165, 1.54) is 4.68 Å². The molecule has 0 bridgehead atoms. The summed E-state index contributed by atoms with van der Waals surface area (Å²) >= 11 is 0. The predicted octanol–water partition coefficient (Wildman–Crippen LogP) is 3.74. The number of carboxylic acid groups (broad SMARTS) is 1. The van der Waals surface area contributed by atoms with Crippen molar-refractivity contribution in [2.75, 3.05) is 6.61 Å². The Bertz CT molecular complexity index is 1050. The number of amides is 1. The summed E-state index contributed by atoms with van der Waals surface area (Å²) < 4.78 is 6.99. The number of aryl methyl sites for hydroxylation is 1. The SMILES string of the molecule is Cc1cnn(C(C)C(NC(=O)OCC2c3ccccc3-c3ccccc32)C(=O)O)c1. The van der Waals surface area contributed by atoms with Gasteiger partial charge in [-0.3, -0.25) is 4.68 Å². The molecule has 3 aromatic rings. The largest absolute Gasteiger partial charge is 0.480 e. The van der Waals surface area contributed by atoms with E-state index in [0.29, 0.717) is 0 Å². The van der Waals surface area contributed by atoms with Crippen LogP contribution >= 0.6 is 0 Å². The van der Waals surface area contributed by atoms with Crippen LogP contribution in [0.25, 0.3) is 11.1 Å². The van der Waals surface area contributed by atoms with E-state index in [0.717, 1.165) is 27.8 Å². The van der Waals surface area contributed by atoms with Crippen molar-refractivity contribution in [3.8, 4) is 11.1 Å². The number of alkyl carbamates (subject to hydrolysis) is 1. The maximum atomic E-state index is 12.5. The number of hydrogen-bond donors (Lipinski definition) is 2. The fraction of sp³-hybridized carbons (Fsp3) is 0.261. The van der Waals surface area contributed by atoms with E-state index in [1.807, 2.05) is 43.3 Å². The summed E-state index contributed by atoms with van der Waals surface area (Å²) in [7, 11) is 0. The van der Waals surface area contributed by atoms with Gasteiger partial charge in [0, 0.05) is 12.1 Å². The molecule has 7 heteroatoms. The summed E-state index contributed by atoms with van der Waals surface area (Å²) in [6, 6.07) is 14.3. The fourth-order valence-corrected chi connectivity index (χ4v) is 3.96. The Balaban J connectivity index is 1.46. The Hall–Kier alpha value is -3.61. The molecule has 2 unspecified atom stereocenters. The number of ether oxygens (including phenoxy) is 1. The summed E-state index contributed by atoms with van der Waals surface area (Å²) in [5, 5.41) is 16.2. The molecule has 2 atom stereocenters. The van der Waals surface area contributed by atoms with Crippen LogP contribution in [0.1, 0.15) is 35.6 Å². The zero-order chi connectivity index (χ0) is 21.3. The van der Waals surface area contributed by atoms with Crippen LogP contribution in [0.2, 0.25) is 0 Å². The normalized spacial score (nSPS) is 14.5. The number of nitrogens with one attached hydrogen (secondary N) is 1. The fourth-order valence-electron chi connectivity index (χ4n) is 3.96. The topological polar surface area (TPSA) is 93.5 Å². The lowest BCUT2D eigenvalue weighted by Gasteiger charge is -2.22. The first-order valence-electron chi connectivity index (χ1n) is 9.80. The second-order valence-electron chi connectivity index (χ2n) is 7.52. The van der Waals surface area contributed by atoms with Crippen molar-refractivity contribution in [3.05, 3.63) is 77.6 Å². The summed E-state index contributed by atoms with van der Waals surface area (Å²) in [6.07, 6.45) is 2.61. The number of aliphatic carboxylic acids is 1. The number of benzene rings is 2. The number of carbonyl (C=O) groups excluding carboxylic acids is 1. The molecule has 7 nitrogen and oxygen atoms in total. The van der Waals surface area contributed by atoms with Crippen LogP contribution < -0.4 is 5.32 Å². The van der Waals surface area contributed by atoms with Gasteiger partial charge < -0.3 is 15.2 Å². The number of fused-ring (bicyclic) bond motifs is 3. The lowest BCUT2D eigenvalue weighted by Crippen LogP contribution is -2.46. The molecule has 30 heavy (non-hydrogen) atoms. The Morgan fingerprint density at radius 3 is 2.27 bits per heavy atom. The molecule has 1 heterocycles. The molecule has 1 aliphatic rings. The zero-order valence-corrected chi connectivity index (χ0v) is 16.8. The van der Waals surface area contributed by atoms with Gasteiger partial charge in [0.15, 0.2) is 6.04 Å². The Morgan fingerprint density at radius 1 is 1.13 bits per heavy atom. The first-order chi connectivity index (χ1) is 14.5. The molecule has 1 amide bonds. The van der Waals surface area contributed by atoms with E-state index in [2.05, 4.69) is 22.5 Å². The highest BCUT2D eigenvalue weighted by Gasteiger charge is 2.31. The van der Waals surface area contributed by atoms with E-state index in [4.69, 9.17) is 4.74 Å². The van der Waals surface area contributed by atoms with Gasteiger partial charge in [-0.2, -0.15) is 5.10 Å². The van der Waals surface area contributed by atoms with Crippen LogP contribution in [0.5, 0.6) is 0 Å². The molecule has 4 rings (SSSR count). The summed E-state index contributed by atoms with van der Waals surface area (Å²) in [5.74, 6) is -1.23. The van der Waals surface area contributed by atoms with Crippen LogP contribution in [0.4, 0.5) is 4.79 Å². The minimum Gasteiger partial charge on any atom is -0.480 e. The smallest absolute Gasteiger partial charge is 0.407 e. The monoisotopic (exact) mass is 405 g/mol. The molecular formula is C23H23N3O4. The third kappa shape index (κ3) is 3.66. The molecule has 0 aliphatic heterocycles. The molecule has 0 radical (unpaired) electrons. The van der Waals surface area contributed by atoms with Crippen molar-refractivity contribution in [1.29, 1.82) is 0 Å². The lowest BCUT2D eigenvalue weighted by atomic mass is 9.98. The molecule has 2 N–H and O–H groups in total. The van der Waals surface area contributed by atoms with Crippen molar-refractivity contribution in [2.24, 2.45) is 0 Å². The van der Waals surface area contributed by atoms with Crippen LogP contribution in [0, 0.1) is 6.92 Å². The molecule has 0 spiro atoms. The van der Waals surface area contributed by atoms with Crippen LogP contribution in [-0.4, -0.2) is 39.6 Å². The van der Waals surface area contributed by atoms with Gasteiger partial charge >= 0.3 is 12.1 Å². The number of carboxylic acids is 1. The number of aromatic nitrogens is 2. The Kier molecular flexibility index (Phi) is 5.27. The van der Waals surface area contributed by atoms with Crippen LogP contribution in [0.15, 0.2) is 60.9 Å². The second kappa shape index (κ2) is 8.02.